The molecule has 3 aromatic rings. The van der Waals surface area contributed by atoms with Crippen molar-refractivity contribution in [3.05, 3.63) is 82.7 Å². The first-order valence-electron chi connectivity index (χ1n) is 14.6. The highest BCUT2D eigenvalue weighted by Gasteiger charge is 2.41. The maximum Gasteiger partial charge on any atom is 0.451 e. The maximum absolute atomic E-state index is 14.6. The van der Waals surface area contributed by atoms with Crippen molar-refractivity contribution in [2.75, 3.05) is 13.1 Å². The van der Waals surface area contributed by atoms with E-state index in [0.29, 0.717) is 25.0 Å². The van der Waals surface area contributed by atoms with Crippen LogP contribution in [-0.2, 0) is 46.5 Å². The van der Waals surface area contributed by atoms with Crippen LogP contribution in [0.25, 0.3) is 0 Å². The number of rotatable bonds is 9. The number of carbonyl (C=O) groups excluding carboxylic acids is 3. The summed E-state index contributed by atoms with van der Waals surface area (Å²) in [6, 6.07) is 7.04. The van der Waals surface area contributed by atoms with Crippen LogP contribution >= 0.6 is 12.4 Å². The number of hydrogen-bond donors (Lipinski definition) is 2. The minimum Gasteiger partial charge on any atom is -0.351 e. The summed E-state index contributed by atoms with van der Waals surface area (Å²) in [5, 5.41) is 9.41. The van der Waals surface area contributed by atoms with E-state index in [4.69, 9.17) is 5.73 Å². The smallest absolute Gasteiger partial charge is 0.351 e. The van der Waals surface area contributed by atoms with Gasteiger partial charge >= 0.3 is 6.18 Å². The third kappa shape index (κ3) is 8.22. The first-order valence-corrected chi connectivity index (χ1v) is 14.6. The molecule has 17 heteroatoms. The van der Waals surface area contributed by atoms with Crippen LogP contribution in [0.15, 0.2) is 42.5 Å². The molecule has 3 unspecified atom stereocenters. The van der Waals surface area contributed by atoms with Crippen LogP contribution in [0, 0.1) is 17.5 Å². The van der Waals surface area contributed by atoms with Crippen LogP contribution in [0.2, 0.25) is 0 Å². The zero-order valence-corrected chi connectivity index (χ0v) is 25.7. The number of hydrogen-bond acceptors (Lipinski definition) is 6. The van der Waals surface area contributed by atoms with Gasteiger partial charge in [-0.25, -0.2) is 13.2 Å². The van der Waals surface area contributed by atoms with Crippen LogP contribution in [0.4, 0.5) is 26.3 Å². The van der Waals surface area contributed by atoms with E-state index in [0.717, 1.165) is 10.1 Å². The van der Waals surface area contributed by atoms with E-state index in [9.17, 15) is 40.7 Å². The lowest BCUT2D eigenvalue weighted by atomic mass is 10.0. The van der Waals surface area contributed by atoms with Crippen LogP contribution in [0.3, 0.4) is 0 Å². The Morgan fingerprint density at radius 3 is 2.36 bits per heavy atom. The number of nitrogens with zero attached hydrogens (tertiary/aromatic N) is 5. The molecule has 2 aliphatic rings. The molecule has 2 aromatic carbocycles. The third-order valence-electron chi connectivity index (χ3n) is 8.14. The van der Waals surface area contributed by atoms with E-state index in [1.54, 1.807) is 0 Å². The molecular formula is C30H32ClF6N7O3. The van der Waals surface area contributed by atoms with E-state index in [2.05, 4.69) is 15.5 Å². The molecule has 3 N–H and O–H groups in total. The zero-order chi connectivity index (χ0) is 33.2. The Morgan fingerprint density at radius 1 is 0.957 bits per heavy atom. The Balaban J connectivity index is 0.00000500. The van der Waals surface area contributed by atoms with Crippen molar-refractivity contribution >= 4 is 30.1 Å². The molecule has 1 saturated heterocycles. The van der Waals surface area contributed by atoms with E-state index >= 15 is 0 Å². The monoisotopic (exact) mass is 687 g/mol. The van der Waals surface area contributed by atoms with Gasteiger partial charge in [-0.2, -0.15) is 13.2 Å². The minimum absolute atomic E-state index is 0. The molecule has 0 bridgehead atoms. The van der Waals surface area contributed by atoms with Crippen molar-refractivity contribution in [2.45, 2.75) is 69.5 Å². The van der Waals surface area contributed by atoms with Gasteiger partial charge in [-0.15, -0.1) is 22.6 Å². The van der Waals surface area contributed by atoms with Crippen molar-refractivity contribution in [2.24, 2.45) is 5.73 Å². The second-order valence-corrected chi connectivity index (χ2v) is 11.4. The van der Waals surface area contributed by atoms with Gasteiger partial charge in [0.2, 0.25) is 23.5 Å². The van der Waals surface area contributed by atoms with Crippen LogP contribution < -0.4 is 11.1 Å². The summed E-state index contributed by atoms with van der Waals surface area (Å²) in [5.41, 5.74) is 6.71. The largest absolute Gasteiger partial charge is 0.451 e. The fourth-order valence-corrected chi connectivity index (χ4v) is 5.85. The number of alkyl halides is 3. The van der Waals surface area contributed by atoms with Crippen LogP contribution in [-0.4, -0.2) is 73.5 Å². The SMILES string of the molecule is Cl.NC(Cc1ccccc1)C(=O)N1CCCC1C(=O)NC(CC(=O)N1CCn2c(nnc2C(F)(F)F)C1)Cc1cc(F)c(F)cc1F. The maximum atomic E-state index is 14.6. The predicted octanol–water partition coefficient (Wildman–Crippen LogP) is 3.16. The summed E-state index contributed by atoms with van der Waals surface area (Å²) in [6.07, 6.45) is -4.58. The normalized spacial score (nSPS) is 17.5. The summed E-state index contributed by atoms with van der Waals surface area (Å²) in [4.78, 5) is 42.7. The number of fused-ring (bicyclic) bond motifs is 1. The molecule has 0 aliphatic carbocycles. The summed E-state index contributed by atoms with van der Waals surface area (Å²) in [7, 11) is 0. The van der Waals surface area contributed by atoms with Crippen molar-refractivity contribution in [1.29, 1.82) is 0 Å². The lowest BCUT2D eigenvalue weighted by Crippen LogP contribution is -2.54. The molecule has 1 aromatic heterocycles. The Bertz CT molecular complexity index is 1610. The number of nitrogens with two attached hydrogens (primary N) is 1. The predicted molar refractivity (Wildman–Crippen MR) is 157 cm³/mol. The number of likely N-dealkylation sites (tertiary alicyclic amines) is 1. The first kappa shape index (κ1) is 35.7. The van der Waals surface area contributed by atoms with E-state index in [1.807, 2.05) is 30.3 Å². The Labute approximate surface area is 271 Å². The van der Waals surface area contributed by atoms with Gasteiger partial charge in [0.25, 0.3) is 0 Å². The quantitative estimate of drug-likeness (QED) is 0.263. The molecule has 5 rings (SSSR count). The number of aromatic nitrogens is 3. The average Bonchev–Trinajstić information content (AvgIpc) is 3.67. The van der Waals surface area contributed by atoms with Crippen molar-refractivity contribution in [1.82, 2.24) is 29.9 Å². The molecule has 3 amide bonds. The topological polar surface area (TPSA) is 126 Å². The molecule has 47 heavy (non-hydrogen) atoms. The van der Waals surface area contributed by atoms with Gasteiger partial charge in [0.15, 0.2) is 17.5 Å². The van der Waals surface area contributed by atoms with Gasteiger partial charge < -0.3 is 25.4 Å². The fourth-order valence-electron chi connectivity index (χ4n) is 5.85. The molecule has 0 radical (unpaired) electrons. The Hall–Kier alpha value is -4.18. The summed E-state index contributed by atoms with van der Waals surface area (Å²) >= 11 is 0. The molecule has 2 aliphatic heterocycles. The highest BCUT2D eigenvalue weighted by molar-refractivity contribution is 5.91. The van der Waals surface area contributed by atoms with Crippen molar-refractivity contribution in [3.63, 3.8) is 0 Å². The molecule has 3 heterocycles. The highest BCUT2D eigenvalue weighted by atomic mass is 35.5. The summed E-state index contributed by atoms with van der Waals surface area (Å²) < 4.78 is 82.8. The Kier molecular flexibility index (Phi) is 11.2. The first-order chi connectivity index (χ1) is 21.8. The summed E-state index contributed by atoms with van der Waals surface area (Å²) in [5.74, 6) is -6.83. The lowest BCUT2D eigenvalue weighted by Gasteiger charge is -2.31. The number of benzene rings is 2. The molecular weight excluding hydrogens is 656 g/mol. The summed E-state index contributed by atoms with van der Waals surface area (Å²) in [6.45, 7) is -0.404. The molecule has 0 saturated carbocycles. The molecule has 0 spiro atoms. The van der Waals surface area contributed by atoms with Gasteiger partial charge in [0, 0.05) is 38.2 Å². The van der Waals surface area contributed by atoms with E-state index in [-0.39, 0.29) is 56.4 Å². The fraction of sp³-hybridized carbons (Fsp3) is 0.433. The van der Waals surface area contributed by atoms with Gasteiger partial charge in [0.1, 0.15) is 11.9 Å². The second-order valence-electron chi connectivity index (χ2n) is 11.4. The van der Waals surface area contributed by atoms with Gasteiger partial charge in [-0.1, -0.05) is 30.3 Å². The second kappa shape index (κ2) is 14.7. The standard InChI is InChI=1S/C30H31F6N7O3.ClH/c31-20-15-22(33)21(32)13-18(20)12-19(14-26(44)41-9-10-43-25(16-41)39-40-29(43)30(34,35)36)38-27(45)24-7-4-8-42(24)28(46)23(37)11-17-5-2-1-3-6-17;/h1-3,5-6,13,15,19,23-24H,4,7-12,14,16,37H2,(H,38,45);1H. The van der Waals surface area contributed by atoms with E-state index in [1.165, 1.54) is 9.80 Å². The third-order valence-corrected chi connectivity index (χ3v) is 8.14. The van der Waals surface area contributed by atoms with E-state index < -0.39 is 78.1 Å². The lowest BCUT2D eigenvalue weighted by molar-refractivity contribution is -0.148. The molecule has 1 fully saturated rings. The van der Waals surface area contributed by atoms with Crippen LogP contribution in [0.1, 0.15) is 42.0 Å². The van der Waals surface area contributed by atoms with Gasteiger partial charge in [0.05, 0.1) is 12.6 Å². The number of halogens is 7. The number of nitrogens with one attached hydrogen (secondary N) is 1. The zero-order valence-electron chi connectivity index (χ0n) is 24.9. The molecule has 10 nitrogen and oxygen atoms in total. The molecule has 254 valence electrons. The average molecular weight is 688 g/mol. The Morgan fingerprint density at radius 2 is 1.66 bits per heavy atom. The number of carbonyl (C=O) groups is 3. The van der Waals surface area contributed by atoms with Crippen LogP contribution in [0.5, 0.6) is 0 Å². The van der Waals surface area contributed by atoms with Crippen molar-refractivity contribution in [3.8, 4) is 0 Å². The number of amides is 3. The highest BCUT2D eigenvalue weighted by Crippen LogP contribution is 2.30. The van der Waals surface area contributed by atoms with Gasteiger partial charge in [-0.3, -0.25) is 14.4 Å². The van der Waals surface area contributed by atoms with Gasteiger partial charge in [-0.05, 0) is 42.9 Å². The molecule has 3 atom stereocenters. The minimum atomic E-state index is -4.73. The van der Waals surface area contributed by atoms with Crippen molar-refractivity contribution < 1.29 is 40.7 Å².